The fraction of sp³-hybridized carbons (Fsp3) is 0. The van der Waals surface area contributed by atoms with E-state index in [0.717, 1.165) is 18.3 Å². The van der Waals surface area contributed by atoms with E-state index in [1.807, 2.05) is 0 Å². The number of amides is 1. The number of anilines is 1. The van der Waals surface area contributed by atoms with Crippen LogP contribution < -0.4 is 5.32 Å². The number of benzene rings is 1. The number of nitro groups is 1. The van der Waals surface area contributed by atoms with Gasteiger partial charge in [0.05, 0.1) is 16.2 Å². The first-order valence-electron chi connectivity index (χ1n) is 5.45. The number of carbonyl (C=O) groups is 1. The van der Waals surface area contributed by atoms with Gasteiger partial charge in [0.1, 0.15) is 17.2 Å². The maximum Gasteiger partial charge on any atom is 0.288 e. The average molecular weight is 375 g/mol. The van der Waals surface area contributed by atoms with Crippen LogP contribution in [-0.4, -0.2) is 15.8 Å². The van der Waals surface area contributed by atoms with Crippen LogP contribution in [0.15, 0.2) is 34.9 Å². The molecule has 0 unspecified atom stereocenters. The van der Waals surface area contributed by atoms with Crippen molar-refractivity contribution >= 4 is 44.8 Å². The molecule has 1 amide bonds. The third kappa shape index (κ3) is 3.34. The topological polar surface area (TPSA) is 85.1 Å². The Labute approximate surface area is 131 Å². The quantitative estimate of drug-likeness (QED) is 0.503. The average Bonchev–Trinajstić information content (AvgIpc) is 2.43. The highest BCUT2D eigenvalue weighted by molar-refractivity contribution is 9.10. The number of carbonyl (C=O) groups excluding carboxylic acids is 1. The molecule has 0 atom stereocenters. The Morgan fingerprint density at radius 2 is 2.19 bits per heavy atom. The zero-order valence-electron chi connectivity index (χ0n) is 10.1. The van der Waals surface area contributed by atoms with Gasteiger partial charge in [-0.05, 0) is 28.1 Å². The molecule has 2 aromatic rings. The van der Waals surface area contributed by atoms with E-state index in [2.05, 4.69) is 26.2 Å². The molecule has 0 saturated heterocycles. The van der Waals surface area contributed by atoms with Crippen molar-refractivity contribution in [3.63, 3.8) is 0 Å². The lowest BCUT2D eigenvalue weighted by molar-refractivity contribution is -0.385. The Morgan fingerprint density at radius 1 is 1.48 bits per heavy atom. The molecule has 0 spiro atoms. The fourth-order valence-corrected chi connectivity index (χ4v) is 2.12. The fourth-order valence-electron chi connectivity index (χ4n) is 1.49. The van der Waals surface area contributed by atoms with Gasteiger partial charge in [-0.25, -0.2) is 9.37 Å². The summed E-state index contributed by atoms with van der Waals surface area (Å²) in [6, 6.07) is 5.12. The van der Waals surface area contributed by atoms with E-state index in [0.29, 0.717) is 4.47 Å². The zero-order chi connectivity index (χ0) is 15.6. The second-order valence-corrected chi connectivity index (χ2v) is 5.05. The molecule has 0 saturated carbocycles. The minimum absolute atomic E-state index is 0.0925. The molecule has 9 heteroatoms. The maximum absolute atomic E-state index is 13.6. The van der Waals surface area contributed by atoms with E-state index in [1.165, 1.54) is 12.1 Å². The largest absolute Gasteiger partial charge is 0.318 e. The Morgan fingerprint density at radius 3 is 2.81 bits per heavy atom. The number of hydrogen-bond donors (Lipinski definition) is 1. The molecule has 2 rings (SSSR count). The van der Waals surface area contributed by atoms with Gasteiger partial charge >= 0.3 is 0 Å². The monoisotopic (exact) mass is 373 g/mol. The minimum atomic E-state index is -0.804. The number of aromatic nitrogens is 1. The van der Waals surface area contributed by atoms with Gasteiger partial charge in [-0.1, -0.05) is 17.7 Å². The summed E-state index contributed by atoms with van der Waals surface area (Å²) in [7, 11) is 0. The molecular weight excluding hydrogens is 369 g/mol. The van der Waals surface area contributed by atoms with Crippen molar-refractivity contribution in [1.82, 2.24) is 4.98 Å². The van der Waals surface area contributed by atoms with Crippen molar-refractivity contribution in [3.05, 3.63) is 61.6 Å². The lowest BCUT2D eigenvalue weighted by Gasteiger charge is -2.09. The number of nitrogens with zero attached hydrogens (tertiary/aromatic N) is 2. The molecule has 0 aliphatic rings. The number of rotatable bonds is 3. The summed E-state index contributed by atoms with van der Waals surface area (Å²) in [5, 5.41) is 12.8. The normalized spacial score (nSPS) is 10.2. The summed E-state index contributed by atoms with van der Waals surface area (Å²) in [5.41, 5.74) is -0.705. The highest BCUT2D eigenvalue weighted by Gasteiger charge is 2.19. The van der Waals surface area contributed by atoms with Gasteiger partial charge in [-0.3, -0.25) is 14.9 Å². The summed E-state index contributed by atoms with van der Waals surface area (Å²) < 4.78 is 14.0. The SMILES string of the molecule is O=C(Nc1c(F)cccc1Br)c1cc([N+](=O)[O-])cnc1Cl. The predicted molar refractivity (Wildman–Crippen MR) is 78.0 cm³/mol. The molecule has 0 bridgehead atoms. The summed E-state index contributed by atoms with van der Waals surface area (Å²) >= 11 is 8.83. The van der Waals surface area contributed by atoms with Gasteiger partial charge in [0.2, 0.25) is 0 Å². The number of hydrogen-bond acceptors (Lipinski definition) is 4. The third-order valence-corrected chi connectivity index (χ3v) is 3.44. The Bertz CT molecular complexity index is 721. The Hall–Kier alpha value is -2.06. The molecule has 1 N–H and O–H groups in total. The highest BCUT2D eigenvalue weighted by atomic mass is 79.9. The first-order chi connectivity index (χ1) is 9.90. The van der Waals surface area contributed by atoms with Crippen LogP contribution in [-0.2, 0) is 0 Å². The van der Waals surface area contributed by atoms with Crippen molar-refractivity contribution in [2.45, 2.75) is 0 Å². The molecule has 6 nitrogen and oxygen atoms in total. The van der Waals surface area contributed by atoms with Crippen molar-refractivity contribution in [2.24, 2.45) is 0 Å². The third-order valence-electron chi connectivity index (χ3n) is 2.48. The summed E-state index contributed by atoms with van der Waals surface area (Å²) in [6.45, 7) is 0. The summed E-state index contributed by atoms with van der Waals surface area (Å²) in [5.74, 6) is -1.46. The first kappa shape index (κ1) is 15.3. The molecular formula is C12H6BrClFN3O3. The van der Waals surface area contributed by atoms with E-state index in [-0.39, 0.29) is 16.4 Å². The molecule has 21 heavy (non-hydrogen) atoms. The van der Waals surface area contributed by atoms with Gasteiger partial charge < -0.3 is 5.32 Å². The predicted octanol–water partition coefficient (Wildman–Crippen LogP) is 3.80. The number of halogens is 3. The Kier molecular flexibility index (Phi) is 4.49. The van der Waals surface area contributed by atoms with E-state index in [9.17, 15) is 19.3 Å². The second-order valence-electron chi connectivity index (χ2n) is 3.84. The van der Waals surface area contributed by atoms with Crippen LogP contribution in [0.25, 0.3) is 0 Å². The van der Waals surface area contributed by atoms with Crippen LogP contribution in [0.5, 0.6) is 0 Å². The van der Waals surface area contributed by atoms with Crippen LogP contribution >= 0.6 is 27.5 Å². The second kappa shape index (κ2) is 6.15. The lowest BCUT2D eigenvalue weighted by atomic mass is 10.2. The maximum atomic E-state index is 13.6. The molecule has 1 aromatic heterocycles. The van der Waals surface area contributed by atoms with Crippen LogP contribution in [0.3, 0.4) is 0 Å². The number of para-hydroxylation sites is 1. The van der Waals surface area contributed by atoms with Crippen LogP contribution in [0.2, 0.25) is 5.15 Å². The smallest absolute Gasteiger partial charge is 0.288 e. The number of nitrogens with one attached hydrogen (secondary N) is 1. The Balaban J connectivity index is 2.37. The highest BCUT2D eigenvalue weighted by Crippen LogP contribution is 2.27. The van der Waals surface area contributed by atoms with Crippen LogP contribution in [0, 0.1) is 15.9 Å². The van der Waals surface area contributed by atoms with Gasteiger partial charge in [0, 0.05) is 10.5 Å². The number of pyridine rings is 1. The lowest BCUT2D eigenvalue weighted by Crippen LogP contribution is -2.15. The van der Waals surface area contributed by atoms with E-state index in [1.54, 1.807) is 0 Å². The van der Waals surface area contributed by atoms with Crippen LogP contribution in [0.4, 0.5) is 15.8 Å². The van der Waals surface area contributed by atoms with E-state index >= 15 is 0 Å². The zero-order valence-corrected chi connectivity index (χ0v) is 12.5. The van der Waals surface area contributed by atoms with Gasteiger partial charge in [0.25, 0.3) is 11.6 Å². The van der Waals surface area contributed by atoms with Gasteiger partial charge in [0.15, 0.2) is 0 Å². The van der Waals surface area contributed by atoms with E-state index in [4.69, 9.17) is 11.6 Å². The molecule has 1 aromatic carbocycles. The van der Waals surface area contributed by atoms with Gasteiger partial charge in [-0.15, -0.1) is 0 Å². The minimum Gasteiger partial charge on any atom is -0.318 e. The molecule has 108 valence electrons. The van der Waals surface area contributed by atoms with Crippen molar-refractivity contribution in [1.29, 1.82) is 0 Å². The molecule has 1 heterocycles. The molecule has 0 aliphatic carbocycles. The first-order valence-corrected chi connectivity index (χ1v) is 6.62. The summed E-state index contributed by atoms with van der Waals surface area (Å²) in [6.07, 6.45) is 0.929. The molecule has 0 fully saturated rings. The van der Waals surface area contributed by atoms with E-state index < -0.39 is 22.3 Å². The standard InChI is InChI=1S/C12H6BrClFN3O3/c13-8-2-1-3-9(15)10(8)17-12(19)7-4-6(18(20)21)5-16-11(7)14/h1-5H,(H,17,19). The summed E-state index contributed by atoms with van der Waals surface area (Å²) in [4.78, 5) is 25.6. The van der Waals surface area contributed by atoms with Crippen molar-refractivity contribution in [3.8, 4) is 0 Å². The van der Waals surface area contributed by atoms with Crippen molar-refractivity contribution in [2.75, 3.05) is 5.32 Å². The van der Waals surface area contributed by atoms with Crippen molar-refractivity contribution < 1.29 is 14.1 Å². The van der Waals surface area contributed by atoms with Gasteiger partial charge in [-0.2, -0.15) is 0 Å². The molecule has 0 radical (unpaired) electrons. The van der Waals surface area contributed by atoms with Crippen LogP contribution in [0.1, 0.15) is 10.4 Å². The molecule has 0 aliphatic heterocycles.